The van der Waals surface area contributed by atoms with Crippen molar-refractivity contribution in [1.82, 2.24) is 20.1 Å². The maximum atomic E-state index is 14.1. The van der Waals surface area contributed by atoms with Crippen LogP contribution in [0.25, 0.3) is 10.9 Å². The fourth-order valence-corrected chi connectivity index (χ4v) is 5.74. The molecule has 3 aromatic carbocycles. The molecule has 1 aliphatic heterocycles. The number of H-pyrrole nitrogens is 1. The fourth-order valence-electron chi connectivity index (χ4n) is 5.74. The van der Waals surface area contributed by atoms with E-state index in [-0.39, 0.29) is 23.7 Å². The van der Waals surface area contributed by atoms with Gasteiger partial charge in [0, 0.05) is 61.4 Å². The van der Waals surface area contributed by atoms with Crippen LogP contribution in [0, 0.1) is 5.82 Å². The number of hydrogen-bond donors (Lipinski definition) is 3. The van der Waals surface area contributed by atoms with E-state index in [0.29, 0.717) is 50.8 Å². The minimum atomic E-state index is -0.871. The van der Waals surface area contributed by atoms with Crippen molar-refractivity contribution < 1.29 is 18.7 Å². The highest BCUT2D eigenvalue weighted by atomic mass is 19.1. The molecular weight excluding hydrogens is 559 g/mol. The monoisotopic (exact) mass is 600 g/mol. The molecule has 44 heavy (non-hydrogen) atoms. The Kier molecular flexibility index (Phi) is 9.69. The van der Waals surface area contributed by atoms with Crippen LogP contribution in [0.5, 0.6) is 5.75 Å². The number of nitrogens with one attached hydrogen (secondary N) is 3. The molecule has 0 bridgehead atoms. The van der Waals surface area contributed by atoms with Crippen LogP contribution < -0.4 is 20.3 Å². The summed E-state index contributed by atoms with van der Waals surface area (Å²) in [7, 11) is 3.98. The van der Waals surface area contributed by atoms with Gasteiger partial charge in [-0.1, -0.05) is 31.2 Å². The summed E-state index contributed by atoms with van der Waals surface area (Å²) in [5.74, 6) is -0.386. The molecule has 0 spiro atoms. The van der Waals surface area contributed by atoms with Crippen molar-refractivity contribution in [1.29, 1.82) is 0 Å². The number of fused-ring (bicyclic) bond motifs is 1. The highest BCUT2D eigenvalue weighted by Gasteiger charge is 2.32. The lowest BCUT2D eigenvalue weighted by molar-refractivity contribution is -0.118. The van der Waals surface area contributed by atoms with E-state index in [4.69, 9.17) is 4.74 Å². The number of amides is 3. The van der Waals surface area contributed by atoms with Crippen molar-refractivity contribution in [2.75, 3.05) is 57.1 Å². The number of aromatic nitrogens is 1. The second kappa shape index (κ2) is 13.8. The molecule has 1 aliphatic rings. The predicted molar refractivity (Wildman–Crippen MR) is 173 cm³/mol. The number of carbonyl (C=O) groups is 2. The van der Waals surface area contributed by atoms with E-state index in [1.54, 1.807) is 17.0 Å². The minimum Gasteiger partial charge on any atom is -0.492 e. The van der Waals surface area contributed by atoms with Crippen LogP contribution in [0.2, 0.25) is 0 Å². The minimum absolute atomic E-state index is 0.279. The highest BCUT2D eigenvalue weighted by molar-refractivity contribution is 5.99. The van der Waals surface area contributed by atoms with E-state index in [1.165, 1.54) is 12.1 Å². The second-order valence-electron chi connectivity index (χ2n) is 11.4. The summed E-state index contributed by atoms with van der Waals surface area (Å²) in [5, 5.41) is 7.14. The van der Waals surface area contributed by atoms with E-state index in [1.807, 2.05) is 76.6 Å². The fraction of sp³-hybridized carbons (Fsp3) is 0.353. The van der Waals surface area contributed by atoms with Crippen molar-refractivity contribution >= 4 is 34.2 Å². The maximum absolute atomic E-state index is 14.1. The second-order valence-corrected chi connectivity index (χ2v) is 11.4. The van der Waals surface area contributed by atoms with Gasteiger partial charge in [-0.2, -0.15) is 0 Å². The molecule has 232 valence electrons. The Labute approximate surface area is 258 Å². The molecule has 0 radical (unpaired) electrons. The third-order valence-corrected chi connectivity index (χ3v) is 8.03. The van der Waals surface area contributed by atoms with E-state index >= 15 is 0 Å². The molecule has 2 atom stereocenters. The molecule has 3 amide bonds. The van der Waals surface area contributed by atoms with E-state index in [2.05, 4.69) is 25.4 Å². The first-order valence-electron chi connectivity index (χ1n) is 15.1. The van der Waals surface area contributed by atoms with Crippen LogP contribution in [-0.4, -0.2) is 79.6 Å². The maximum Gasteiger partial charge on any atom is 0.318 e. The quantitative estimate of drug-likeness (QED) is 0.226. The Bertz CT molecular complexity index is 1580. The van der Waals surface area contributed by atoms with Gasteiger partial charge in [-0.3, -0.25) is 4.79 Å². The van der Waals surface area contributed by atoms with Crippen LogP contribution >= 0.6 is 0 Å². The largest absolute Gasteiger partial charge is 0.492 e. The topological polar surface area (TPSA) is 92.9 Å². The van der Waals surface area contributed by atoms with Gasteiger partial charge in [-0.15, -0.1) is 0 Å². The van der Waals surface area contributed by atoms with Crippen molar-refractivity contribution in [3.05, 3.63) is 89.9 Å². The van der Waals surface area contributed by atoms with Gasteiger partial charge in [-0.25, -0.2) is 9.18 Å². The predicted octanol–water partition coefficient (Wildman–Crippen LogP) is 5.41. The van der Waals surface area contributed by atoms with E-state index in [0.717, 1.165) is 27.7 Å². The summed E-state index contributed by atoms with van der Waals surface area (Å²) in [6, 6.07) is 18.9. The molecule has 0 saturated carbocycles. The average molecular weight is 601 g/mol. The number of ether oxygens (including phenoxy) is 1. The molecule has 1 aromatic heterocycles. The molecule has 2 heterocycles. The molecule has 0 aliphatic carbocycles. The van der Waals surface area contributed by atoms with Gasteiger partial charge in [0.2, 0.25) is 5.91 Å². The SMILES string of the molecule is CCOc1ccc(CN(C)C)cc1NC(=O)C(NC(=O)N1CCN(c2ccc(F)cc2)CC1)C(C)c1c[nH]c2ccccc12. The number of rotatable bonds is 10. The number of hydrogen-bond acceptors (Lipinski definition) is 5. The Morgan fingerprint density at radius 2 is 1.75 bits per heavy atom. The number of anilines is 2. The summed E-state index contributed by atoms with van der Waals surface area (Å²) in [6.07, 6.45) is 1.91. The standard InChI is InChI=1S/C34H41FN6O3/c1-5-44-31-15-10-24(22-39(3)4)20-30(31)37-33(42)32(23(2)28-21-36-29-9-7-6-8-27(28)29)38-34(43)41-18-16-40(17-19-41)26-13-11-25(35)12-14-26/h6-15,20-21,23,32,36H,5,16-19,22H2,1-4H3,(H,37,42)(H,38,43). The van der Waals surface area contributed by atoms with Crippen LogP contribution in [0.1, 0.15) is 30.9 Å². The van der Waals surface area contributed by atoms with Crippen molar-refractivity contribution in [3.63, 3.8) is 0 Å². The van der Waals surface area contributed by atoms with E-state index < -0.39 is 6.04 Å². The third kappa shape index (κ3) is 7.14. The first-order chi connectivity index (χ1) is 21.2. The van der Waals surface area contributed by atoms with Crippen molar-refractivity contribution in [2.45, 2.75) is 32.4 Å². The van der Waals surface area contributed by atoms with Crippen molar-refractivity contribution in [2.24, 2.45) is 0 Å². The molecule has 3 N–H and O–H groups in total. The Morgan fingerprint density at radius 3 is 2.45 bits per heavy atom. The normalized spacial score (nSPS) is 14.9. The summed E-state index contributed by atoms with van der Waals surface area (Å²) in [4.78, 5) is 37.0. The zero-order chi connectivity index (χ0) is 31.2. The molecule has 2 unspecified atom stereocenters. The van der Waals surface area contributed by atoms with Gasteiger partial charge >= 0.3 is 6.03 Å². The van der Waals surface area contributed by atoms with Crippen LogP contribution in [-0.2, 0) is 11.3 Å². The lowest BCUT2D eigenvalue weighted by atomic mass is 9.92. The van der Waals surface area contributed by atoms with Gasteiger partial charge in [0.25, 0.3) is 0 Å². The number of carbonyl (C=O) groups excluding carboxylic acids is 2. The number of para-hydroxylation sites is 1. The van der Waals surface area contributed by atoms with Gasteiger partial charge in [0.05, 0.1) is 12.3 Å². The number of halogens is 1. The van der Waals surface area contributed by atoms with E-state index in [9.17, 15) is 14.0 Å². The zero-order valence-electron chi connectivity index (χ0n) is 25.8. The summed E-state index contributed by atoms with van der Waals surface area (Å²) in [5.41, 5.74) is 4.41. The Hall–Kier alpha value is -4.57. The number of piperazine rings is 1. The van der Waals surface area contributed by atoms with Crippen LogP contribution in [0.4, 0.5) is 20.6 Å². The molecule has 10 heteroatoms. The van der Waals surface area contributed by atoms with Crippen LogP contribution in [0.3, 0.4) is 0 Å². The van der Waals surface area contributed by atoms with Gasteiger partial charge in [0.1, 0.15) is 17.6 Å². The first-order valence-corrected chi connectivity index (χ1v) is 15.1. The zero-order valence-corrected chi connectivity index (χ0v) is 25.8. The number of benzene rings is 3. The van der Waals surface area contributed by atoms with Crippen LogP contribution in [0.15, 0.2) is 72.9 Å². The number of nitrogens with zero attached hydrogens (tertiary/aromatic N) is 3. The van der Waals surface area contributed by atoms with Crippen molar-refractivity contribution in [3.8, 4) is 5.75 Å². The van der Waals surface area contributed by atoms with Gasteiger partial charge < -0.3 is 35.1 Å². The Morgan fingerprint density at radius 1 is 1.02 bits per heavy atom. The molecule has 5 rings (SSSR count). The summed E-state index contributed by atoms with van der Waals surface area (Å²) in [6.45, 7) is 7.15. The lowest BCUT2D eigenvalue weighted by Crippen LogP contribution is -2.56. The van der Waals surface area contributed by atoms with Gasteiger partial charge in [0.15, 0.2) is 0 Å². The summed E-state index contributed by atoms with van der Waals surface area (Å²) >= 11 is 0. The molecule has 4 aromatic rings. The molecular formula is C34H41FN6O3. The Balaban J connectivity index is 1.37. The molecule has 9 nitrogen and oxygen atoms in total. The summed E-state index contributed by atoms with van der Waals surface area (Å²) < 4.78 is 19.2. The lowest BCUT2D eigenvalue weighted by Gasteiger charge is -2.37. The number of aromatic amines is 1. The first kappa shape index (κ1) is 30.9. The molecule has 1 fully saturated rings. The highest BCUT2D eigenvalue weighted by Crippen LogP contribution is 2.31. The van der Waals surface area contributed by atoms with Gasteiger partial charge in [-0.05, 0) is 74.6 Å². The molecule has 1 saturated heterocycles. The third-order valence-electron chi connectivity index (χ3n) is 8.03. The number of urea groups is 1. The average Bonchev–Trinajstić information content (AvgIpc) is 3.45. The smallest absolute Gasteiger partial charge is 0.318 e.